The number of Topliss-reactive ketones (excluding diaryl/α,β-unsaturated/α-hetero) is 1. The molecule has 2 amide bonds. The van der Waals surface area contributed by atoms with E-state index in [-0.39, 0.29) is 62.8 Å². The summed E-state index contributed by atoms with van der Waals surface area (Å²) in [4.78, 5) is 44.0. The molecular formula is C32H45N3O3. The van der Waals surface area contributed by atoms with Crippen LogP contribution in [0.1, 0.15) is 93.4 Å². The number of urea groups is 1. The molecule has 0 aromatic rings. The molecule has 5 rings (SSSR count). The highest BCUT2D eigenvalue weighted by Crippen LogP contribution is 2.73. The van der Waals surface area contributed by atoms with Gasteiger partial charge in [-0.15, -0.1) is 0 Å². The molecule has 206 valence electrons. The Bertz CT molecular complexity index is 1220. The van der Waals surface area contributed by atoms with Gasteiger partial charge in [-0.3, -0.25) is 4.79 Å². The standard InChI is InChI=1S/C32H45N3O3/c1-27(2)12-14-32(35-26(38)34-9)15-13-31(7)24(19(32)17-27)21(36)16-23-29(5)18-20(33-8)25(37)28(3,4)22(29)10-11-30(23,31)6/h16,18-19,22,24H,10-15,17H2,1-7,9H3,(H2,34,35,38)/t19?,22-,24?,29-,30+,31+,32-/m0/s1. The number of carbonyl (C=O) groups excluding carboxylic acids is 3. The van der Waals surface area contributed by atoms with Gasteiger partial charge in [-0.1, -0.05) is 60.1 Å². The summed E-state index contributed by atoms with van der Waals surface area (Å²) in [6.07, 6.45) is 10.2. The first kappa shape index (κ1) is 27.2. The van der Waals surface area contributed by atoms with Gasteiger partial charge in [-0.25, -0.2) is 9.64 Å². The highest BCUT2D eigenvalue weighted by atomic mass is 16.2. The van der Waals surface area contributed by atoms with E-state index >= 15 is 0 Å². The van der Waals surface area contributed by atoms with Crippen LogP contribution in [0.3, 0.4) is 0 Å². The zero-order chi connectivity index (χ0) is 28.1. The number of nitrogens with one attached hydrogen (secondary N) is 2. The summed E-state index contributed by atoms with van der Waals surface area (Å²) in [7, 11) is 1.66. The largest absolute Gasteiger partial charge is 0.341 e. The highest BCUT2D eigenvalue weighted by molar-refractivity contribution is 6.03. The average Bonchev–Trinajstić information content (AvgIpc) is 2.83. The number of ketones is 2. The molecule has 38 heavy (non-hydrogen) atoms. The fraction of sp³-hybridized carbons (Fsp3) is 0.750. The first-order valence-corrected chi connectivity index (χ1v) is 14.4. The molecule has 2 N–H and O–H groups in total. The summed E-state index contributed by atoms with van der Waals surface area (Å²) in [6.45, 7) is 23.1. The van der Waals surface area contributed by atoms with Gasteiger partial charge in [0, 0.05) is 29.3 Å². The summed E-state index contributed by atoms with van der Waals surface area (Å²) < 4.78 is 0. The molecule has 5 aliphatic carbocycles. The van der Waals surface area contributed by atoms with Crippen molar-refractivity contribution in [1.82, 2.24) is 10.6 Å². The zero-order valence-corrected chi connectivity index (χ0v) is 24.5. The van der Waals surface area contributed by atoms with Crippen LogP contribution in [0.25, 0.3) is 4.85 Å². The smallest absolute Gasteiger partial charge is 0.314 e. The highest BCUT2D eigenvalue weighted by Gasteiger charge is 2.69. The van der Waals surface area contributed by atoms with E-state index in [9.17, 15) is 14.4 Å². The minimum absolute atomic E-state index is 0.0477. The molecule has 3 saturated carbocycles. The third kappa shape index (κ3) is 3.32. The lowest BCUT2D eigenvalue weighted by atomic mass is 9.35. The fourth-order valence-corrected chi connectivity index (χ4v) is 10.1. The van der Waals surface area contributed by atoms with Gasteiger partial charge in [-0.2, -0.15) is 0 Å². The summed E-state index contributed by atoms with van der Waals surface area (Å²) in [5, 5.41) is 6.11. The predicted molar refractivity (Wildman–Crippen MR) is 148 cm³/mol. The number of hydrogen-bond acceptors (Lipinski definition) is 3. The first-order valence-electron chi connectivity index (χ1n) is 14.4. The van der Waals surface area contributed by atoms with E-state index in [1.807, 2.05) is 26.0 Å². The lowest BCUT2D eigenvalue weighted by molar-refractivity contribution is -0.160. The van der Waals surface area contributed by atoms with Crippen LogP contribution in [-0.2, 0) is 9.59 Å². The van der Waals surface area contributed by atoms with Gasteiger partial charge in [0.1, 0.15) is 0 Å². The van der Waals surface area contributed by atoms with Crippen LogP contribution in [0.2, 0.25) is 0 Å². The monoisotopic (exact) mass is 519 g/mol. The van der Waals surface area contributed by atoms with Crippen molar-refractivity contribution in [2.24, 2.45) is 44.8 Å². The van der Waals surface area contributed by atoms with Gasteiger partial charge in [0.05, 0.1) is 6.57 Å². The molecule has 7 atom stereocenters. The topological polar surface area (TPSA) is 79.6 Å². The quantitative estimate of drug-likeness (QED) is 0.403. The molecule has 0 aromatic heterocycles. The molecule has 6 heteroatoms. The van der Waals surface area contributed by atoms with Crippen LogP contribution in [-0.4, -0.2) is 30.2 Å². The van der Waals surface area contributed by atoms with Crippen LogP contribution in [0, 0.1) is 51.4 Å². The fourth-order valence-electron chi connectivity index (χ4n) is 10.1. The Labute approximate surface area is 228 Å². The molecule has 0 radical (unpaired) electrons. The Morgan fingerprint density at radius 3 is 2.29 bits per heavy atom. The van der Waals surface area contributed by atoms with Gasteiger partial charge in [0.15, 0.2) is 11.6 Å². The number of carbonyl (C=O) groups is 3. The molecule has 0 spiro atoms. The van der Waals surface area contributed by atoms with Crippen molar-refractivity contribution in [2.75, 3.05) is 7.05 Å². The molecule has 0 aliphatic heterocycles. The van der Waals surface area contributed by atoms with Crippen LogP contribution in [0.4, 0.5) is 4.79 Å². The van der Waals surface area contributed by atoms with Crippen molar-refractivity contribution in [1.29, 1.82) is 0 Å². The Kier molecular flexibility index (Phi) is 5.76. The maximum Gasteiger partial charge on any atom is 0.314 e. The summed E-state index contributed by atoms with van der Waals surface area (Å²) >= 11 is 0. The summed E-state index contributed by atoms with van der Waals surface area (Å²) in [6, 6.07) is -0.164. The van der Waals surface area contributed by atoms with E-state index in [1.54, 1.807) is 7.05 Å². The maximum atomic E-state index is 14.4. The number of fused-ring (bicyclic) bond motifs is 7. The van der Waals surface area contributed by atoms with E-state index in [1.165, 1.54) is 0 Å². The lowest BCUT2D eigenvalue weighted by Gasteiger charge is -2.69. The number of allylic oxidation sites excluding steroid dienone is 4. The normalized spacial score (nSPS) is 44.7. The molecule has 0 heterocycles. The van der Waals surface area contributed by atoms with E-state index in [0.29, 0.717) is 0 Å². The Hall–Kier alpha value is -2.42. The molecule has 0 saturated heterocycles. The van der Waals surface area contributed by atoms with Crippen molar-refractivity contribution in [2.45, 2.75) is 99.0 Å². The molecule has 3 fully saturated rings. The second kappa shape index (κ2) is 8.05. The minimum atomic E-state index is -0.654. The Balaban J connectivity index is 1.68. The van der Waals surface area contributed by atoms with Crippen LogP contribution in [0.5, 0.6) is 0 Å². The van der Waals surface area contributed by atoms with Gasteiger partial charge in [0.2, 0.25) is 5.70 Å². The van der Waals surface area contributed by atoms with Crippen molar-refractivity contribution >= 4 is 17.6 Å². The second-order valence-corrected chi connectivity index (χ2v) is 15.1. The van der Waals surface area contributed by atoms with Gasteiger partial charge >= 0.3 is 6.03 Å². The predicted octanol–water partition coefficient (Wildman–Crippen LogP) is 6.24. The lowest BCUT2D eigenvalue weighted by Crippen LogP contribution is -2.70. The van der Waals surface area contributed by atoms with Crippen molar-refractivity contribution in [3.05, 3.63) is 34.8 Å². The molecule has 6 nitrogen and oxygen atoms in total. The van der Waals surface area contributed by atoms with Gasteiger partial charge in [0.25, 0.3) is 0 Å². The third-order valence-corrected chi connectivity index (χ3v) is 12.4. The molecule has 0 aromatic carbocycles. The average molecular weight is 520 g/mol. The molecule has 2 unspecified atom stereocenters. The molecular weight excluding hydrogens is 474 g/mol. The number of nitrogens with zero attached hydrogens (tertiary/aromatic N) is 1. The first-order chi connectivity index (χ1) is 17.5. The Morgan fingerprint density at radius 2 is 1.66 bits per heavy atom. The zero-order valence-electron chi connectivity index (χ0n) is 24.5. The number of amides is 2. The third-order valence-electron chi connectivity index (χ3n) is 12.4. The molecule has 5 aliphatic rings. The minimum Gasteiger partial charge on any atom is -0.341 e. The SMILES string of the molecule is [C-]#[N+]C1=C[C@]2(C)C3=CC(=O)C4C5CC(C)(C)CC[C@]5(NC(=O)NC)CC[C@@]4(C)[C@]3(C)CC[C@H]2C(C)(C)C1=O. The van der Waals surface area contributed by atoms with E-state index in [4.69, 9.17) is 6.57 Å². The number of rotatable bonds is 1. The maximum absolute atomic E-state index is 14.4. The van der Waals surface area contributed by atoms with Crippen LogP contribution >= 0.6 is 0 Å². The summed E-state index contributed by atoms with van der Waals surface area (Å²) in [5.41, 5.74) is -0.628. The van der Waals surface area contributed by atoms with Gasteiger partial charge in [-0.05, 0) is 79.1 Å². The van der Waals surface area contributed by atoms with Crippen molar-refractivity contribution in [3.63, 3.8) is 0 Å². The van der Waals surface area contributed by atoms with Gasteiger partial charge < -0.3 is 15.4 Å². The van der Waals surface area contributed by atoms with E-state index in [2.05, 4.69) is 50.1 Å². The number of hydrogen-bond donors (Lipinski definition) is 2. The summed E-state index contributed by atoms with van der Waals surface area (Å²) in [5.74, 6) is 0.0296. The second-order valence-electron chi connectivity index (χ2n) is 15.1. The van der Waals surface area contributed by atoms with Crippen molar-refractivity contribution in [3.8, 4) is 0 Å². The Morgan fingerprint density at radius 1 is 1.00 bits per heavy atom. The van der Waals surface area contributed by atoms with Crippen molar-refractivity contribution < 1.29 is 14.4 Å². The van der Waals surface area contributed by atoms with E-state index in [0.717, 1.165) is 50.5 Å². The van der Waals surface area contributed by atoms with Crippen LogP contribution in [0.15, 0.2) is 23.4 Å². The molecule has 0 bridgehead atoms. The van der Waals surface area contributed by atoms with Crippen LogP contribution < -0.4 is 10.6 Å². The van der Waals surface area contributed by atoms with E-state index < -0.39 is 10.8 Å².